The van der Waals surface area contributed by atoms with Gasteiger partial charge in [-0.15, -0.1) is 0 Å². The fourth-order valence-corrected chi connectivity index (χ4v) is 0.200. The van der Waals surface area contributed by atoms with E-state index in [0.29, 0.717) is 0 Å². The second kappa shape index (κ2) is 8.16. The monoisotopic (exact) mass is 294 g/mol. The first-order valence-corrected chi connectivity index (χ1v) is 3.08. The van der Waals surface area contributed by atoms with Crippen LogP contribution in [0.3, 0.4) is 0 Å². The van der Waals surface area contributed by atoms with Crippen LogP contribution in [-0.4, -0.2) is 35.6 Å². The van der Waals surface area contributed by atoms with Gasteiger partial charge in [-0.25, -0.2) is 9.59 Å². The Kier molecular flexibility index (Phi) is 10.1. The predicted octanol–water partition coefficient (Wildman–Crippen LogP) is -2.93. The van der Waals surface area contributed by atoms with Crippen LogP contribution in [0.15, 0.2) is 0 Å². The summed E-state index contributed by atoms with van der Waals surface area (Å²) < 4.78 is 69.7. The van der Waals surface area contributed by atoms with Gasteiger partial charge in [0.1, 0.15) is 0 Å². The Morgan fingerprint density at radius 2 is 1.06 bits per heavy atom. The van der Waals surface area contributed by atoms with Gasteiger partial charge in [0.15, 0.2) is 0 Å². The number of carbonyl (C=O) groups is 3. The van der Waals surface area contributed by atoms with Crippen LogP contribution in [0.5, 0.6) is 0 Å². The average molecular weight is 294 g/mol. The quantitative estimate of drug-likeness (QED) is 0.222. The van der Waals surface area contributed by atoms with Crippen LogP contribution in [0.4, 0.5) is 31.1 Å². The van der Waals surface area contributed by atoms with E-state index in [2.05, 4.69) is 4.74 Å². The first-order valence-electron chi connectivity index (χ1n) is 3.08. The minimum Gasteiger partial charge on any atom is -0.565 e. The number of carboxylic acid groups (broad SMARTS) is 2. The molecule has 0 aliphatic heterocycles. The van der Waals surface area contributed by atoms with Crippen molar-refractivity contribution in [2.75, 3.05) is 0 Å². The zero-order chi connectivity index (χ0) is 14.4. The Morgan fingerprint density at radius 1 is 0.889 bits per heavy atom. The topological polar surface area (TPSA) is 104 Å². The molecule has 0 aliphatic rings. The smallest absolute Gasteiger partial charge is 0.565 e. The summed E-state index contributed by atoms with van der Waals surface area (Å²) in [4.78, 5) is 27.8. The zero-order valence-corrected chi connectivity index (χ0v) is 10.3. The Hall–Kier alpha value is -1.01. The summed E-state index contributed by atoms with van der Waals surface area (Å²) in [6, 6.07) is 0. The fourth-order valence-electron chi connectivity index (χ4n) is 0.200. The third kappa shape index (κ3) is 13.1. The van der Waals surface area contributed by atoms with Crippen molar-refractivity contribution in [3.8, 4) is 0 Å². The Bertz CT molecular complexity index is 281. The molecule has 0 atom stereocenters. The van der Waals surface area contributed by atoms with E-state index in [1.807, 2.05) is 0 Å². The van der Waals surface area contributed by atoms with Crippen molar-refractivity contribution in [3.63, 3.8) is 0 Å². The van der Waals surface area contributed by atoms with Gasteiger partial charge in [0.05, 0.1) is 0 Å². The van der Waals surface area contributed by atoms with Crippen LogP contribution in [0.1, 0.15) is 0 Å². The van der Waals surface area contributed by atoms with E-state index in [1.54, 1.807) is 0 Å². The molecule has 0 aromatic heterocycles. The third-order valence-electron chi connectivity index (χ3n) is 0.648. The number of hydrogen-bond acceptors (Lipinski definition) is 5. The molecule has 0 aliphatic carbocycles. The predicted molar refractivity (Wildman–Crippen MR) is 31.2 cm³/mol. The average Bonchev–Trinajstić information content (AvgIpc) is 1.98. The first-order chi connectivity index (χ1) is 7.28. The molecule has 0 spiro atoms. The molecule has 6 nitrogen and oxygen atoms in total. The number of alkyl halides is 6. The van der Waals surface area contributed by atoms with Gasteiger partial charge in [0.25, 0.3) is 0 Å². The third-order valence-corrected chi connectivity index (χ3v) is 0.648. The van der Waals surface area contributed by atoms with Crippen molar-refractivity contribution in [3.05, 3.63) is 0 Å². The van der Waals surface area contributed by atoms with Gasteiger partial charge in [-0.3, -0.25) is 0 Å². The number of carbonyl (C=O) groups excluding carboxylic acids is 2. The van der Waals surface area contributed by atoms with E-state index in [4.69, 9.17) is 15.0 Å². The Morgan fingerprint density at radius 3 is 1.17 bits per heavy atom. The minimum atomic E-state index is -5.62. The Labute approximate surface area is 116 Å². The maximum absolute atomic E-state index is 11.2. The van der Waals surface area contributed by atoms with Crippen molar-refractivity contribution in [1.82, 2.24) is 0 Å². The standard InChI is InChI=1S/C4F6O3.CH2O3.Na/c5-3(6,7)1(11)13-2(12)4(8,9)10;2-1(3)4;/h;(H2,2,3,4);/q;;+1/p-1. The number of hydrogen-bond donors (Lipinski definition) is 1. The summed E-state index contributed by atoms with van der Waals surface area (Å²) >= 11 is 0. The number of ether oxygens (including phenoxy) is 1. The van der Waals surface area contributed by atoms with Gasteiger partial charge in [-0.2, -0.15) is 26.3 Å². The van der Waals surface area contributed by atoms with Crippen molar-refractivity contribution in [1.29, 1.82) is 0 Å². The van der Waals surface area contributed by atoms with Crippen molar-refractivity contribution in [2.24, 2.45) is 0 Å². The maximum atomic E-state index is 11.2. The summed E-state index contributed by atoms with van der Waals surface area (Å²) in [7, 11) is 0. The number of halogens is 6. The van der Waals surface area contributed by atoms with Gasteiger partial charge in [0, 0.05) is 0 Å². The summed E-state index contributed by atoms with van der Waals surface area (Å²) in [6.07, 6.45) is -13.3. The normalized spacial score (nSPS) is 10.3. The molecule has 0 rings (SSSR count). The molecule has 0 fully saturated rings. The van der Waals surface area contributed by atoms with Crippen LogP contribution in [-0.2, 0) is 14.3 Å². The van der Waals surface area contributed by atoms with Gasteiger partial charge in [-0.05, 0) is 0 Å². The maximum Gasteiger partial charge on any atom is 1.00 e. The number of rotatable bonds is 0. The second-order valence-corrected chi connectivity index (χ2v) is 1.94. The van der Waals surface area contributed by atoms with Crippen molar-refractivity contribution < 1.29 is 85.2 Å². The van der Waals surface area contributed by atoms with E-state index in [1.165, 1.54) is 0 Å². The molecule has 0 bridgehead atoms. The van der Waals surface area contributed by atoms with Crippen LogP contribution >= 0.6 is 0 Å². The summed E-state index contributed by atoms with van der Waals surface area (Å²) in [5.41, 5.74) is 0. The van der Waals surface area contributed by atoms with Gasteiger partial charge in [0.2, 0.25) is 6.16 Å². The van der Waals surface area contributed by atoms with Crippen molar-refractivity contribution >= 4 is 18.1 Å². The molecule has 0 saturated heterocycles. The van der Waals surface area contributed by atoms with Crippen LogP contribution in [0.25, 0.3) is 0 Å². The van der Waals surface area contributed by atoms with Crippen molar-refractivity contribution in [2.45, 2.75) is 12.4 Å². The van der Waals surface area contributed by atoms with E-state index < -0.39 is 30.4 Å². The van der Waals surface area contributed by atoms with E-state index in [-0.39, 0.29) is 29.6 Å². The minimum absolute atomic E-state index is 0. The Balaban J connectivity index is -0.000000392. The van der Waals surface area contributed by atoms with E-state index >= 15 is 0 Å². The summed E-state index contributed by atoms with van der Waals surface area (Å²) in [5, 5.41) is 15.3. The molecule has 0 aromatic carbocycles. The zero-order valence-electron chi connectivity index (χ0n) is 8.26. The van der Waals surface area contributed by atoms with Crippen LogP contribution in [0, 0.1) is 0 Å². The molecule has 18 heavy (non-hydrogen) atoms. The molecule has 0 saturated carbocycles. The fraction of sp³-hybridized carbons (Fsp3) is 0.400. The second-order valence-electron chi connectivity index (χ2n) is 1.94. The molecule has 1 N–H and O–H groups in total. The molecule has 13 heteroatoms. The first kappa shape index (κ1) is 22.2. The largest absolute Gasteiger partial charge is 1.00 e. The van der Waals surface area contributed by atoms with E-state index in [0.717, 1.165) is 0 Å². The summed E-state index contributed by atoms with van der Waals surface area (Å²) in [6.45, 7) is 0. The summed E-state index contributed by atoms with van der Waals surface area (Å²) in [5.74, 6) is -6.40. The SMILES string of the molecule is O=C(OC(=O)C(F)(F)F)C(F)(F)F.O=C([O-])O.[Na+]. The van der Waals surface area contributed by atoms with Crippen LogP contribution < -0.4 is 34.7 Å². The number of esters is 2. The van der Waals surface area contributed by atoms with Gasteiger partial charge in [-0.1, -0.05) is 0 Å². The molecule has 0 heterocycles. The molecular formula is C5HF6NaO6. The van der Waals surface area contributed by atoms with Gasteiger partial charge >= 0.3 is 53.8 Å². The molecule has 0 aromatic rings. The van der Waals surface area contributed by atoms with E-state index in [9.17, 15) is 35.9 Å². The van der Waals surface area contributed by atoms with Gasteiger partial charge < -0.3 is 19.7 Å². The molecular weight excluding hydrogens is 293 g/mol. The molecule has 0 radical (unpaired) electrons. The molecule has 100 valence electrons. The van der Waals surface area contributed by atoms with Crippen LogP contribution in [0.2, 0.25) is 0 Å². The molecule has 0 amide bonds. The molecule has 0 unspecified atom stereocenters.